The summed E-state index contributed by atoms with van der Waals surface area (Å²) in [6, 6.07) is 0. The molecule has 0 spiro atoms. The van der Waals surface area contributed by atoms with Gasteiger partial charge in [0.25, 0.3) is 0 Å². The van der Waals surface area contributed by atoms with Crippen molar-refractivity contribution >= 4 is 29.9 Å². The van der Waals surface area contributed by atoms with Crippen LogP contribution in [0.3, 0.4) is 0 Å². The lowest BCUT2D eigenvalue weighted by Gasteiger charge is -2.31. The number of hydrogen-bond acceptors (Lipinski definition) is 3. The second-order valence-electron chi connectivity index (χ2n) is 6.34. The number of nitrogens with zero attached hydrogens (tertiary/aromatic N) is 3. The average molecular weight is 410 g/mol. The Kier molecular flexibility index (Phi) is 8.89. The molecule has 0 aliphatic carbocycles. The number of rotatable bonds is 4. The average Bonchev–Trinajstić information content (AvgIpc) is 2.46. The van der Waals surface area contributed by atoms with Crippen LogP contribution in [-0.4, -0.2) is 66.2 Å². The monoisotopic (exact) mass is 410 g/mol. The molecule has 0 radical (unpaired) electrons. The van der Waals surface area contributed by atoms with Gasteiger partial charge in [0, 0.05) is 32.7 Å². The van der Waals surface area contributed by atoms with E-state index in [0.717, 1.165) is 70.4 Å². The second-order valence-corrected chi connectivity index (χ2v) is 6.34. The molecule has 0 amide bonds. The molecule has 124 valence electrons. The Bertz CT molecular complexity index is 311. The van der Waals surface area contributed by atoms with Crippen LogP contribution in [-0.2, 0) is 0 Å². The fourth-order valence-corrected chi connectivity index (χ4v) is 2.97. The molecule has 0 atom stereocenters. The first-order chi connectivity index (χ1) is 9.65. The summed E-state index contributed by atoms with van der Waals surface area (Å²) in [7, 11) is 0. The van der Waals surface area contributed by atoms with Crippen molar-refractivity contribution in [3.05, 3.63) is 0 Å². The van der Waals surface area contributed by atoms with Crippen LogP contribution in [0.1, 0.15) is 39.0 Å². The molecule has 2 rings (SSSR count). The normalized spacial score (nSPS) is 23.1. The Balaban J connectivity index is 0.00000220. The molecule has 0 aromatic rings. The van der Waals surface area contributed by atoms with Gasteiger partial charge in [-0.05, 0) is 44.6 Å². The Morgan fingerprint density at radius 1 is 1.14 bits per heavy atom. The second kappa shape index (κ2) is 9.84. The van der Waals surface area contributed by atoms with Gasteiger partial charge in [0.15, 0.2) is 5.96 Å². The van der Waals surface area contributed by atoms with Crippen molar-refractivity contribution < 1.29 is 5.11 Å². The van der Waals surface area contributed by atoms with Crippen LogP contribution in [0.25, 0.3) is 0 Å². The summed E-state index contributed by atoms with van der Waals surface area (Å²) >= 11 is 0. The minimum absolute atomic E-state index is 0. The molecule has 0 saturated carbocycles. The van der Waals surface area contributed by atoms with Crippen molar-refractivity contribution in [2.75, 3.05) is 39.3 Å². The molecule has 2 heterocycles. The molecule has 2 aliphatic rings. The Morgan fingerprint density at radius 2 is 1.76 bits per heavy atom. The third-order valence-electron chi connectivity index (χ3n) is 4.57. The van der Waals surface area contributed by atoms with E-state index < -0.39 is 0 Å². The number of piperidine rings is 2. The first kappa shape index (κ1) is 19.0. The highest BCUT2D eigenvalue weighted by Crippen LogP contribution is 2.15. The summed E-state index contributed by atoms with van der Waals surface area (Å²) in [4.78, 5) is 9.15. The van der Waals surface area contributed by atoms with E-state index in [4.69, 9.17) is 5.73 Å². The van der Waals surface area contributed by atoms with Crippen LogP contribution in [0.15, 0.2) is 4.99 Å². The minimum atomic E-state index is -0.0820. The van der Waals surface area contributed by atoms with Gasteiger partial charge in [-0.2, -0.15) is 0 Å². The maximum atomic E-state index is 9.46. The standard InChI is InChI=1S/C15H30N4O.HI/c1-13-3-11-19(12-4-13)15(16)17-7-2-8-18-9-5-14(20)6-10-18;/h13-14,20H,2-12H2,1H3,(H2,16,17);1H. The van der Waals surface area contributed by atoms with Gasteiger partial charge in [-0.1, -0.05) is 6.92 Å². The zero-order valence-corrected chi connectivity index (χ0v) is 15.5. The Morgan fingerprint density at radius 3 is 2.38 bits per heavy atom. The molecule has 3 N–H and O–H groups in total. The topological polar surface area (TPSA) is 65.1 Å². The highest BCUT2D eigenvalue weighted by atomic mass is 127. The third-order valence-corrected chi connectivity index (χ3v) is 4.57. The third kappa shape index (κ3) is 6.69. The first-order valence-corrected chi connectivity index (χ1v) is 8.10. The molecule has 21 heavy (non-hydrogen) atoms. The zero-order valence-electron chi connectivity index (χ0n) is 13.2. The van der Waals surface area contributed by atoms with Gasteiger partial charge in [-0.25, -0.2) is 0 Å². The molecule has 5 nitrogen and oxygen atoms in total. The van der Waals surface area contributed by atoms with Crippen molar-refractivity contribution in [1.82, 2.24) is 9.80 Å². The molecule has 2 fully saturated rings. The number of aliphatic hydroxyl groups excluding tert-OH is 1. The molecule has 2 aliphatic heterocycles. The highest BCUT2D eigenvalue weighted by Gasteiger charge is 2.17. The summed E-state index contributed by atoms with van der Waals surface area (Å²) in [5.41, 5.74) is 6.06. The van der Waals surface area contributed by atoms with E-state index in [1.807, 2.05) is 0 Å². The summed E-state index contributed by atoms with van der Waals surface area (Å²) in [6.45, 7) is 8.34. The maximum absolute atomic E-state index is 9.46. The SMILES string of the molecule is CC1CCN(C(N)=NCCCN2CCC(O)CC2)CC1.I. The van der Waals surface area contributed by atoms with Gasteiger partial charge in [0.1, 0.15) is 0 Å². The van der Waals surface area contributed by atoms with Crippen LogP contribution in [0.5, 0.6) is 0 Å². The molecule has 0 aromatic heterocycles. The van der Waals surface area contributed by atoms with Gasteiger partial charge in [0.2, 0.25) is 0 Å². The molecule has 0 bridgehead atoms. The number of aliphatic imine (C=N–C) groups is 1. The van der Waals surface area contributed by atoms with E-state index >= 15 is 0 Å². The molecular weight excluding hydrogens is 379 g/mol. The summed E-state index contributed by atoms with van der Waals surface area (Å²) < 4.78 is 0. The highest BCUT2D eigenvalue weighted by molar-refractivity contribution is 14.0. The Hall–Kier alpha value is -0.0800. The molecule has 0 aromatic carbocycles. The van der Waals surface area contributed by atoms with Gasteiger partial charge in [-0.3, -0.25) is 4.99 Å². The number of likely N-dealkylation sites (tertiary alicyclic amines) is 2. The van der Waals surface area contributed by atoms with E-state index in [1.165, 1.54) is 12.8 Å². The number of guanidine groups is 1. The Labute approximate surface area is 146 Å². The molecule has 2 saturated heterocycles. The summed E-state index contributed by atoms with van der Waals surface area (Å²) in [5, 5.41) is 9.46. The van der Waals surface area contributed by atoms with E-state index in [-0.39, 0.29) is 30.1 Å². The van der Waals surface area contributed by atoms with Crippen LogP contribution in [0.4, 0.5) is 0 Å². The predicted octanol–water partition coefficient (Wildman–Crippen LogP) is 1.50. The van der Waals surface area contributed by atoms with Crippen LogP contribution >= 0.6 is 24.0 Å². The van der Waals surface area contributed by atoms with Crippen molar-refractivity contribution in [2.24, 2.45) is 16.6 Å². The minimum Gasteiger partial charge on any atom is -0.393 e. The lowest BCUT2D eigenvalue weighted by molar-refractivity contribution is 0.0824. The van der Waals surface area contributed by atoms with Crippen LogP contribution < -0.4 is 5.73 Å². The van der Waals surface area contributed by atoms with Gasteiger partial charge < -0.3 is 20.6 Å². The number of nitrogens with two attached hydrogens (primary N) is 1. The first-order valence-electron chi connectivity index (χ1n) is 8.10. The van der Waals surface area contributed by atoms with Crippen molar-refractivity contribution in [1.29, 1.82) is 0 Å². The van der Waals surface area contributed by atoms with E-state index in [2.05, 4.69) is 21.7 Å². The van der Waals surface area contributed by atoms with Crippen molar-refractivity contribution in [3.63, 3.8) is 0 Å². The quantitative estimate of drug-likeness (QED) is 0.319. The van der Waals surface area contributed by atoms with Gasteiger partial charge in [0.05, 0.1) is 6.10 Å². The lowest BCUT2D eigenvalue weighted by atomic mass is 10.00. The van der Waals surface area contributed by atoms with E-state index in [9.17, 15) is 5.11 Å². The van der Waals surface area contributed by atoms with Gasteiger partial charge >= 0.3 is 0 Å². The molecular formula is C15H31IN4O. The number of halogens is 1. The fourth-order valence-electron chi connectivity index (χ4n) is 2.97. The van der Waals surface area contributed by atoms with Crippen LogP contribution in [0, 0.1) is 5.92 Å². The van der Waals surface area contributed by atoms with Gasteiger partial charge in [-0.15, -0.1) is 24.0 Å². The number of hydrogen-bond donors (Lipinski definition) is 2. The summed E-state index contributed by atoms with van der Waals surface area (Å²) in [5.74, 6) is 1.56. The maximum Gasteiger partial charge on any atom is 0.191 e. The van der Waals surface area contributed by atoms with Crippen molar-refractivity contribution in [2.45, 2.75) is 45.1 Å². The largest absolute Gasteiger partial charge is 0.393 e. The lowest BCUT2D eigenvalue weighted by Crippen LogP contribution is -2.42. The zero-order chi connectivity index (χ0) is 14.4. The molecule has 6 heteroatoms. The van der Waals surface area contributed by atoms with E-state index in [0.29, 0.717) is 0 Å². The predicted molar refractivity (Wildman–Crippen MR) is 98.2 cm³/mol. The van der Waals surface area contributed by atoms with Crippen LogP contribution in [0.2, 0.25) is 0 Å². The van der Waals surface area contributed by atoms with Crippen molar-refractivity contribution in [3.8, 4) is 0 Å². The molecule has 0 unspecified atom stereocenters. The van der Waals surface area contributed by atoms with E-state index in [1.54, 1.807) is 0 Å². The smallest absolute Gasteiger partial charge is 0.191 e. The fraction of sp³-hybridized carbons (Fsp3) is 0.933. The summed E-state index contributed by atoms with van der Waals surface area (Å²) in [6.07, 6.45) is 5.26. The number of aliphatic hydroxyl groups is 1.